The van der Waals surface area contributed by atoms with Gasteiger partial charge in [-0.3, -0.25) is 4.79 Å². The summed E-state index contributed by atoms with van der Waals surface area (Å²) in [5, 5.41) is 3.94. The molecule has 0 fully saturated rings. The van der Waals surface area contributed by atoms with Crippen molar-refractivity contribution in [2.75, 3.05) is 5.32 Å². The number of nitrogens with zero attached hydrogens (tertiary/aromatic N) is 1. The molecule has 0 unspecified atom stereocenters. The zero-order chi connectivity index (χ0) is 14.2. The van der Waals surface area contributed by atoms with Crippen LogP contribution in [0.1, 0.15) is 38.6 Å². The summed E-state index contributed by atoms with van der Waals surface area (Å²) < 4.78 is 1.08. The lowest BCUT2D eigenvalue weighted by atomic mass is 10.1. The van der Waals surface area contributed by atoms with Crippen LogP contribution in [0.2, 0.25) is 0 Å². The van der Waals surface area contributed by atoms with Crippen molar-refractivity contribution in [3.8, 4) is 0 Å². The molecule has 1 heterocycles. The van der Waals surface area contributed by atoms with Gasteiger partial charge in [-0.15, -0.1) is 11.3 Å². The molecule has 2 rings (SSSR count). The van der Waals surface area contributed by atoms with Crippen LogP contribution in [0.4, 0.5) is 5.69 Å². The van der Waals surface area contributed by atoms with Gasteiger partial charge in [0.15, 0.2) is 0 Å². The van der Waals surface area contributed by atoms with Crippen LogP contribution in [-0.2, 0) is 4.79 Å². The first-order valence-electron chi connectivity index (χ1n) is 6.28. The number of fused-ring (bicyclic) bond motifs is 1. The molecule has 0 aliphatic carbocycles. The molecule has 2 aromatic rings. The number of hydrogen-bond acceptors (Lipinski definition) is 4. The average Bonchev–Trinajstić information content (AvgIpc) is 2.70. The van der Waals surface area contributed by atoms with Crippen molar-refractivity contribution in [3.05, 3.63) is 23.2 Å². The number of nitrogens with one attached hydrogen (secondary N) is 1. The summed E-state index contributed by atoms with van der Waals surface area (Å²) in [6, 6.07) is 5.73. The highest BCUT2D eigenvalue weighted by Gasteiger charge is 2.21. The normalized spacial score (nSPS) is 12.1. The molecule has 0 saturated heterocycles. The fourth-order valence-electron chi connectivity index (χ4n) is 1.56. The molecule has 19 heavy (non-hydrogen) atoms. The number of anilines is 1. The highest BCUT2D eigenvalue weighted by atomic mass is 32.1. The molecule has 1 aromatic carbocycles. The number of thiazole rings is 1. The minimum atomic E-state index is -0.883. The van der Waals surface area contributed by atoms with Gasteiger partial charge in [-0.1, -0.05) is 13.8 Å². The van der Waals surface area contributed by atoms with E-state index in [1.165, 1.54) is 0 Å². The predicted molar refractivity (Wildman–Crippen MR) is 80.6 cm³/mol. The van der Waals surface area contributed by atoms with Gasteiger partial charge in [-0.05, 0) is 32.0 Å². The smallest absolute Gasteiger partial charge is 0.243 e. The molecule has 102 valence electrons. The van der Waals surface area contributed by atoms with E-state index in [0.717, 1.165) is 20.9 Å². The molecular weight excluding hydrogens is 258 g/mol. The van der Waals surface area contributed by atoms with Crippen molar-refractivity contribution in [2.45, 2.75) is 39.2 Å². The molecule has 0 aliphatic rings. The SMILES string of the molecule is CC(C)c1nc2ccc(NC(=O)C(C)(C)N)cc2s1. The van der Waals surface area contributed by atoms with Crippen LogP contribution in [-0.4, -0.2) is 16.4 Å². The van der Waals surface area contributed by atoms with Gasteiger partial charge in [0.25, 0.3) is 0 Å². The summed E-state index contributed by atoms with van der Waals surface area (Å²) in [6.45, 7) is 7.61. The number of aromatic nitrogens is 1. The first-order valence-corrected chi connectivity index (χ1v) is 7.10. The van der Waals surface area contributed by atoms with Crippen LogP contribution < -0.4 is 11.1 Å². The van der Waals surface area contributed by atoms with Gasteiger partial charge in [0.2, 0.25) is 5.91 Å². The van der Waals surface area contributed by atoms with Gasteiger partial charge >= 0.3 is 0 Å². The van der Waals surface area contributed by atoms with E-state index in [-0.39, 0.29) is 5.91 Å². The van der Waals surface area contributed by atoms with E-state index in [2.05, 4.69) is 24.1 Å². The molecule has 3 N–H and O–H groups in total. The Hall–Kier alpha value is -1.46. The number of amides is 1. The predicted octanol–water partition coefficient (Wildman–Crippen LogP) is 3.10. The van der Waals surface area contributed by atoms with Crippen molar-refractivity contribution < 1.29 is 4.79 Å². The van der Waals surface area contributed by atoms with Gasteiger partial charge < -0.3 is 11.1 Å². The minimum absolute atomic E-state index is 0.194. The van der Waals surface area contributed by atoms with Crippen molar-refractivity contribution in [3.63, 3.8) is 0 Å². The second-order valence-corrected chi connectivity index (χ2v) is 6.63. The lowest BCUT2D eigenvalue weighted by Crippen LogP contribution is -2.45. The monoisotopic (exact) mass is 277 g/mol. The van der Waals surface area contributed by atoms with E-state index in [9.17, 15) is 4.79 Å². The maximum absolute atomic E-state index is 11.8. The third kappa shape index (κ3) is 3.11. The quantitative estimate of drug-likeness (QED) is 0.906. The lowest BCUT2D eigenvalue weighted by Gasteiger charge is -2.17. The van der Waals surface area contributed by atoms with Crippen molar-refractivity contribution in [2.24, 2.45) is 5.73 Å². The minimum Gasteiger partial charge on any atom is -0.324 e. The molecule has 0 atom stereocenters. The van der Waals surface area contributed by atoms with E-state index in [4.69, 9.17) is 5.73 Å². The molecule has 0 bridgehead atoms. The Balaban J connectivity index is 2.29. The van der Waals surface area contributed by atoms with Crippen LogP contribution >= 0.6 is 11.3 Å². The Kier molecular flexibility index (Phi) is 3.60. The molecule has 1 aromatic heterocycles. The van der Waals surface area contributed by atoms with E-state index in [1.54, 1.807) is 25.2 Å². The van der Waals surface area contributed by atoms with Crippen LogP contribution in [0, 0.1) is 0 Å². The second-order valence-electron chi connectivity index (χ2n) is 5.57. The van der Waals surface area contributed by atoms with E-state index < -0.39 is 5.54 Å². The van der Waals surface area contributed by atoms with Crippen molar-refractivity contribution in [1.82, 2.24) is 4.98 Å². The summed E-state index contributed by atoms with van der Waals surface area (Å²) in [5.41, 5.74) is 6.61. The zero-order valence-corrected chi connectivity index (χ0v) is 12.5. The Labute approximate surface area is 117 Å². The van der Waals surface area contributed by atoms with Gasteiger partial charge in [0.05, 0.1) is 20.8 Å². The second kappa shape index (κ2) is 4.90. The number of carbonyl (C=O) groups is 1. The first kappa shape index (κ1) is 14.0. The molecule has 0 aliphatic heterocycles. The molecule has 0 saturated carbocycles. The van der Waals surface area contributed by atoms with Gasteiger partial charge in [0.1, 0.15) is 0 Å². The zero-order valence-electron chi connectivity index (χ0n) is 11.7. The highest BCUT2D eigenvalue weighted by molar-refractivity contribution is 7.18. The fraction of sp³-hybridized carbons (Fsp3) is 0.429. The molecule has 0 radical (unpaired) electrons. The Morgan fingerprint density at radius 3 is 2.68 bits per heavy atom. The summed E-state index contributed by atoms with van der Waals surface area (Å²) in [7, 11) is 0. The Bertz CT molecular complexity index is 611. The average molecular weight is 277 g/mol. The van der Waals surface area contributed by atoms with Crippen LogP contribution in [0.15, 0.2) is 18.2 Å². The van der Waals surface area contributed by atoms with E-state index in [0.29, 0.717) is 5.92 Å². The number of hydrogen-bond donors (Lipinski definition) is 2. The number of carbonyl (C=O) groups excluding carboxylic acids is 1. The first-order chi connectivity index (χ1) is 8.77. The van der Waals surface area contributed by atoms with Crippen LogP contribution in [0.5, 0.6) is 0 Å². The summed E-state index contributed by atoms with van der Waals surface area (Å²) in [4.78, 5) is 16.4. The Morgan fingerprint density at radius 2 is 2.11 bits per heavy atom. The standard InChI is InChI=1S/C14H19N3OS/c1-8(2)12-17-10-6-5-9(7-11(10)19-12)16-13(18)14(3,4)15/h5-8H,15H2,1-4H3,(H,16,18). The third-order valence-electron chi connectivity index (χ3n) is 2.74. The number of nitrogens with two attached hydrogens (primary N) is 1. The van der Waals surface area contributed by atoms with Crippen LogP contribution in [0.25, 0.3) is 10.2 Å². The van der Waals surface area contributed by atoms with E-state index >= 15 is 0 Å². The molecule has 1 amide bonds. The maximum atomic E-state index is 11.8. The van der Waals surface area contributed by atoms with Gasteiger partial charge in [-0.2, -0.15) is 0 Å². The summed E-state index contributed by atoms with van der Waals surface area (Å²) >= 11 is 1.66. The molecule has 0 spiro atoms. The van der Waals surface area contributed by atoms with Gasteiger partial charge in [0, 0.05) is 11.6 Å². The fourth-order valence-corrected chi connectivity index (χ4v) is 2.57. The summed E-state index contributed by atoms with van der Waals surface area (Å²) in [6.07, 6.45) is 0. The lowest BCUT2D eigenvalue weighted by molar-refractivity contribution is -0.120. The van der Waals surface area contributed by atoms with Crippen molar-refractivity contribution in [1.29, 1.82) is 0 Å². The highest BCUT2D eigenvalue weighted by Crippen LogP contribution is 2.29. The molecule has 5 heteroatoms. The van der Waals surface area contributed by atoms with Crippen molar-refractivity contribution >= 4 is 33.1 Å². The molecular formula is C14H19N3OS. The van der Waals surface area contributed by atoms with E-state index in [1.807, 2.05) is 18.2 Å². The van der Waals surface area contributed by atoms with Crippen LogP contribution in [0.3, 0.4) is 0 Å². The topological polar surface area (TPSA) is 68.0 Å². The maximum Gasteiger partial charge on any atom is 0.243 e. The number of benzene rings is 1. The Morgan fingerprint density at radius 1 is 1.42 bits per heavy atom. The van der Waals surface area contributed by atoms with Gasteiger partial charge in [-0.25, -0.2) is 4.98 Å². The summed E-state index contributed by atoms with van der Waals surface area (Å²) in [5.74, 6) is 0.221. The molecule has 4 nitrogen and oxygen atoms in total. The largest absolute Gasteiger partial charge is 0.324 e. The third-order valence-corrected chi connectivity index (χ3v) is 4.06. The number of rotatable bonds is 3.